The van der Waals surface area contributed by atoms with Crippen molar-refractivity contribution in [1.82, 2.24) is 4.98 Å². The zero-order valence-electron chi connectivity index (χ0n) is 12.4. The SMILES string of the molecule is CC(C)(C)c1nc(COc2ccccc2CC(=O)O)cs1. The predicted octanol–water partition coefficient (Wildman–Crippen LogP) is 3.65. The van der Waals surface area contributed by atoms with E-state index in [0.29, 0.717) is 17.9 Å². The van der Waals surface area contributed by atoms with Crippen LogP contribution in [-0.4, -0.2) is 16.1 Å². The van der Waals surface area contributed by atoms with Gasteiger partial charge in [0.1, 0.15) is 12.4 Å². The first-order valence-electron chi connectivity index (χ1n) is 6.73. The second-order valence-electron chi connectivity index (χ2n) is 5.86. The Morgan fingerprint density at radius 2 is 2.05 bits per heavy atom. The molecule has 0 unspecified atom stereocenters. The fraction of sp³-hybridized carbons (Fsp3) is 0.375. The van der Waals surface area contributed by atoms with Crippen LogP contribution in [0.2, 0.25) is 0 Å². The van der Waals surface area contributed by atoms with Gasteiger partial charge < -0.3 is 9.84 Å². The minimum Gasteiger partial charge on any atom is -0.487 e. The molecule has 2 rings (SSSR count). The highest BCUT2D eigenvalue weighted by Gasteiger charge is 2.18. The number of aliphatic carboxylic acids is 1. The van der Waals surface area contributed by atoms with Gasteiger partial charge in [0.2, 0.25) is 0 Å². The van der Waals surface area contributed by atoms with E-state index in [0.717, 1.165) is 10.7 Å². The van der Waals surface area contributed by atoms with Crippen LogP contribution < -0.4 is 4.74 Å². The van der Waals surface area contributed by atoms with Crippen molar-refractivity contribution < 1.29 is 14.6 Å². The third-order valence-corrected chi connectivity index (χ3v) is 4.20. The normalized spacial score (nSPS) is 11.4. The fourth-order valence-corrected chi connectivity index (χ4v) is 2.71. The van der Waals surface area contributed by atoms with Gasteiger partial charge in [-0.05, 0) is 6.07 Å². The minimum atomic E-state index is -0.866. The van der Waals surface area contributed by atoms with Gasteiger partial charge in [-0.1, -0.05) is 39.0 Å². The number of hydrogen-bond acceptors (Lipinski definition) is 4. The molecule has 1 heterocycles. The highest BCUT2D eigenvalue weighted by molar-refractivity contribution is 7.09. The first-order valence-corrected chi connectivity index (χ1v) is 7.61. The molecule has 112 valence electrons. The third-order valence-electron chi connectivity index (χ3n) is 2.88. The van der Waals surface area contributed by atoms with Gasteiger partial charge in [-0.2, -0.15) is 0 Å². The molecule has 5 heteroatoms. The summed E-state index contributed by atoms with van der Waals surface area (Å²) in [5.41, 5.74) is 1.58. The van der Waals surface area contributed by atoms with E-state index in [2.05, 4.69) is 25.8 Å². The van der Waals surface area contributed by atoms with Crippen LogP contribution in [0, 0.1) is 0 Å². The van der Waals surface area contributed by atoms with Crippen molar-refractivity contribution in [2.24, 2.45) is 0 Å². The maximum Gasteiger partial charge on any atom is 0.307 e. The van der Waals surface area contributed by atoms with Gasteiger partial charge in [0.05, 0.1) is 17.1 Å². The zero-order chi connectivity index (χ0) is 15.5. The second kappa shape index (κ2) is 6.26. The standard InChI is InChI=1S/C16H19NO3S/c1-16(2,3)15-17-12(10-21-15)9-20-13-7-5-4-6-11(13)8-14(18)19/h4-7,10H,8-9H2,1-3H3,(H,18,19). The van der Waals surface area contributed by atoms with Crippen LogP contribution in [0.5, 0.6) is 5.75 Å². The smallest absolute Gasteiger partial charge is 0.307 e. The third kappa shape index (κ3) is 4.29. The van der Waals surface area contributed by atoms with Crippen molar-refractivity contribution in [3.05, 3.63) is 45.9 Å². The van der Waals surface area contributed by atoms with Crippen LogP contribution in [0.4, 0.5) is 0 Å². The molecule has 0 radical (unpaired) electrons. The Morgan fingerprint density at radius 1 is 1.33 bits per heavy atom. The van der Waals surface area contributed by atoms with Crippen LogP contribution in [0.25, 0.3) is 0 Å². The minimum absolute atomic E-state index is 0.0319. The van der Waals surface area contributed by atoms with E-state index in [9.17, 15) is 4.79 Å². The van der Waals surface area contributed by atoms with Gasteiger partial charge in [0.25, 0.3) is 0 Å². The maximum atomic E-state index is 10.8. The Balaban J connectivity index is 2.06. The van der Waals surface area contributed by atoms with Crippen LogP contribution >= 0.6 is 11.3 Å². The lowest BCUT2D eigenvalue weighted by atomic mass is 9.98. The Bertz CT molecular complexity index is 628. The molecule has 0 aliphatic carbocycles. The number of aromatic nitrogens is 1. The first kappa shape index (κ1) is 15.5. The monoisotopic (exact) mass is 305 g/mol. The second-order valence-corrected chi connectivity index (χ2v) is 6.72. The average Bonchev–Trinajstić information content (AvgIpc) is 2.86. The number of hydrogen-bond donors (Lipinski definition) is 1. The van der Waals surface area contributed by atoms with E-state index >= 15 is 0 Å². The van der Waals surface area contributed by atoms with Crippen molar-refractivity contribution in [1.29, 1.82) is 0 Å². The molecule has 1 aromatic carbocycles. The van der Waals surface area contributed by atoms with Crippen molar-refractivity contribution >= 4 is 17.3 Å². The number of benzene rings is 1. The summed E-state index contributed by atoms with van der Waals surface area (Å²) in [6.45, 7) is 6.72. The Hall–Kier alpha value is -1.88. The van der Waals surface area contributed by atoms with E-state index in [4.69, 9.17) is 9.84 Å². The molecule has 0 aliphatic heterocycles. The molecule has 0 bridgehead atoms. The highest BCUT2D eigenvalue weighted by atomic mass is 32.1. The summed E-state index contributed by atoms with van der Waals surface area (Å²) in [5.74, 6) is -0.264. The van der Waals surface area contributed by atoms with Gasteiger partial charge >= 0.3 is 5.97 Å². The van der Waals surface area contributed by atoms with Crippen molar-refractivity contribution in [3.63, 3.8) is 0 Å². The number of para-hydroxylation sites is 1. The Kier molecular flexibility index (Phi) is 4.63. The molecule has 4 nitrogen and oxygen atoms in total. The quantitative estimate of drug-likeness (QED) is 0.916. The van der Waals surface area contributed by atoms with Gasteiger partial charge in [-0.15, -0.1) is 11.3 Å². The van der Waals surface area contributed by atoms with Crippen LogP contribution in [0.1, 0.15) is 37.0 Å². The van der Waals surface area contributed by atoms with E-state index in [1.807, 2.05) is 17.5 Å². The number of carboxylic acid groups (broad SMARTS) is 1. The molecule has 0 amide bonds. The number of ether oxygens (including phenoxy) is 1. The summed E-state index contributed by atoms with van der Waals surface area (Å²) in [4.78, 5) is 15.4. The average molecular weight is 305 g/mol. The van der Waals surface area contributed by atoms with E-state index in [1.165, 1.54) is 0 Å². The first-order chi connectivity index (χ1) is 9.86. The summed E-state index contributed by atoms with van der Waals surface area (Å²) < 4.78 is 5.73. The molecule has 0 saturated carbocycles. The molecule has 0 aliphatic rings. The van der Waals surface area contributed by atoms with E-state index < -0.39 is 5.97 Å². The van der Waals surface area contributed by atoms with Crippen LogP contribution in [0.15, 0.2) is 29.6 Å². The molecule has 2 aromatic rings. The molecule has 1 N–H and O–H groups in total. The van der Waals surface area contributed by atoms with E-state index in [-0.39, 0.29) is 11.8 Å². The lowest BCUT2D eigenvalue weighted by Gasteiger charge is -2.13. The summed E-state index contributed by atoms with van der Waals surface area (Å²) in [5, 5.41) is 12.0. The fourth-order valence-electron chi connectivity index (χ4n) is 1.82. The molecule has 0 fully saturated rings. The van der Waals surface area contributed by atoms with Crippen LogP contribution in [0.3, 0.4) is 0 Å². The number of nitrogens with zero attached hydrogens (tertiary/aromatic N) is 1. The van der Waals surface area contributed by atoms with Crippen molar-refractivity contribution in [3.8, 4) is 5.75 Å². The van der Waals surface area contributed by atoms with Gasteiger partial charge in [0.15, 0.2) is 0 Å². The summed E-state index contributed by atoms with van der Waals surface area (Å²) >= 11 is 1.62. The lowest BCUT2D eigenvalue weighted by Crippen LogP contribution is -2.11. The Morgan fingerprint density at radius 3 is 2.67 bits per heavy atom. The van der Waals surface area contributed by atoms with Crippen molar-refractivity contribution in [2.45, 2.75) is 39.2 Å². The summed E-state index contributed by atoms with van der Waals surface area (Å²) in [6.07, 6.45) is -0.0412. The number of carbonyl (C=O) groups is 1. The predicted molar refractivity (Wildman–Crippen MR) is 82.9 cm³/mol. The zero-order valence-corrected chi connectivity index (χ0v) is 13.2. The molecular weight excluding hydrogens is 286 g/mol. The summed E-state index contributed by atoms with van der Waals surface area (Å²) in [6, 6.07) is 7.20. The van der Waals surface area contributed by atoms with E-state index in [1.54, 1.807) is 23.5 Å². The molecular formula is C16H19NO3S. The molecule has 0 atom stereocenters. The summed E-state index contributed by atoms with van der Waals surface area (Å²) in [7, 11) is 0. The van der Waals surface area contributed by atoms with Gasteiger partial charge in [0, 0.05) is 16.4 Å². The van der Waals surface area contributed by atoms with Crippen LogP contribution in [-0.2, 0) is 23.2 Å². The van der Waals surface area contributed by atoms with Gasteiger partial charge in [-0.3, -0.25) is 4.79 Å². The highest BCUT2D eigenvalue weighted by Crippen LogP contribution is 2.26. The lowest BCUT2D eigenvalue weighted by molar-refractivity contribution is -0.136. The van der Waals surface area contributed by atoms with Crippen molar-refractivity contribution in [2.75, 3.05) is 0 Å². The Labute approximate surface area is 128 Å². The maximum absolute atomic E-state index is 10.8. The number of thiazole rings is 1. The topological polar surface area (TPSA) is 59.4 Å². The molecule has 21 heavy (non-hydrogen) atoms. The largest absolute Gasteiger partial charge is 0.487 e. The number of rotatable bonds is 5. The molecule has 0 spiro atoms. The number of carboxylic acids is 1. The van der Waals surface area contributed by atoms with Gasteiger partial charge in [-0.25, -0.2) is 4.98 Å². The molecule has 1 aromatic heterocycles. The molecule has 0 saturated heterocycles.